The first-order valence-corrected chi connectivity index (χ1v) is 14.7. The summed E-state index contributed by atoms with van der Waals surface area (Å²) in [6, 6.07) is 12.0. The van der Waals surface area contributed by atoms with Crippen LogP contribution in [0.15, 0.2) is 60.9 Å². The van der Waals surface area contributed by atoms with E-state index in [1.165, 1.54) is 28.5 Å². The number of amides is 3. The van der Waals surface area contributed by atoms with Gasteiger partial charge < -0.3 is 10.6 Å². The van der Waals surface area contributed by atoms with Crippen molar-refractivity contribution in [3.63, 3.8) is 0 Å². The normalized spacial score (nSPS) is 22.4. The highest BCUT2D eigenvalue weighted by molar-refractivity contribution is 8.09. The van der Waals surface area contributed by atoms with Crippen LogP contribution < -0.4 is 15.5 Å². The van der Waals surface area contributed by atoms with Crippen molar-refractivity contribution >= 4 is 72.4 Å². The Kier molecular flexibility index (Phi) is 5.90. The van der Waals surface area contributed by atoms with Crippen LogP contribution in [-0.4, -0.2) is 66.3 Å². The number of fused-ring (bicyclic) bond motifs is 2. The van der Waals surface area contributed by atoms with E-state index in [2.05, 4.69) is 15.6 Å². The van der Waals surface area contributed by atoms with E-state index in [4.69, 9.17) is 11.6 Å². The van der Waals surface area contributed by atoms with E-state index in [9.17, 15) is 18.0 Å². The molecule has 1 aromatic heterocycles. The van der Waals surface area contributed by atoms with Gasteiger partial charge in [0.15, 0.2) is 0 Å². The van der Waals surface area contributed by atoms with Gasteiger partial charge in [0.2, 0.25) is 10.0 Å². The van der Waals surface area contributed by atoms with Crippen molar-refractivity contribution < 1.29 is 18.0 Å². The second-order valence-corrected chi connectivity index (χ2v) is 12.8. The highest BCUT2D eigenvalue weighted by Gasteiger charge is 2.46. The first kappa shape index (κ1) is 24.2. The van der Waals surface area contributed by atoms with Gasteiger partial charge in [0.1, 0.15) is 5.25 Å². The molecule has 0 radical (unpaired) electrons. The summed E-state index contributed by atoms with van der Waals surface area (Å²) in [6.45, 7) is 0.766. The maximum absolute atomic E-state index is 13.6. The molecule has 9 nitrogen and oxygen atoms in total. The zero-order valence-electron chi connectivity index (χ0n) is 19.6. The summed E-state index contributed by atoms with van der Waals surface area (Å²) < 4.78 is 24.7. The van der Waals surface area contributed by atoms with Crippen molar-refractivity contribution in [2.75, 3.05) is 29.6 Å². The third-order valence-corrected chi connectivity index (χ3v) is 9.60. The fourth-order valence-electron chi connectivity index (χ4n) is 4.75. The van der Waals surface area contributed by atoms with Crippen LogP contribution in [0.25, 0.3) is 15.7 Å². The molecule has 0 bridgehead atoms. The number of halogens is 1. The Bertz CT molecular complexity index is 1590. The molecular weight excluding hydrogens is 534 g/mol. The van der Waals surface area contributed by atoms with Crippen LogP contribution in [0.4, 0.5) is 16.2 Å². The standard InChI is InChI=1S/C25H22ClN5O4S2/c1-37(34,35)30-12-16(13-30)28-15-7-6-14-10-27-11-21(18(14)8-15)31-24(32)23-20(29-25(31)33)9-22(36-23)17-4-2-3-5-19(17)26/h2-11,16,20,23,28H,12-13H2,1H3,(H,29,33). The Labute approximate surface area is 222 Å². The van der Waals surface area contributed by atoms with E-state index in [0.717, 1.165) is 26.4 Å². The second kappa shape index (κ2) is 9.02. The lowest BCUT2D eigenvalue weighted by molar-refractivity contribution is -0.118. The number of anilines is 2. The lowest BCUT2D eigenvalue weighted by Crippen LogP contribution is -2.60. The topological polar surface area (TPSA) is 112 Å². The van der Waals surface area contributed by atoms with E-state index in [-0.39, 0.29) is 11.9 Å². The number of aromatic nitrogens is 1. The molecule has 3 aliphatic heterocycles. The average molecular weight is 556 g/mol. The van der Waals surface area contributed by atoms with Crippen molar-refractivity contribution in [1.82, 2.24) is 14.6 Å². The van der Waals surface area contributed by atoms with Crippen LogP contribution >= 0.6 is 23.4 Å². The van der Waals surface area contributed by atoms with Gasteiger partial charge in [-0.1, -0.05) is 35.9 Å². The van der Waals surface area contributed by atoms with E-state index >= 15 is 0 Å². The summed E-state index contributed by atoms with van der Waals surface area (Å²) >= 11 is 7.75. The average Bonchev–Trinajstić information content (AvgIpc) is 3.25. The lowest BCUT2D eigenvalue weighted by Gasteiger charge is -2.38. The molecule has 6 rings (SSSR count). The third kappa shape index (κ3) is 4.35. The molecule has 2 aromatic carbocycles. The predicted octanol–water partition coefficient (Wildman–Crippen LogP) is 3.53. The molecule has 0 saturated carbocycles. The van der Waals surface area contributed by atoms with Crippen LogP contribution in [0, 0.1) is 0 Å². The molecular formula is C25H22ClN5O4S2. The number of sulfonamides is 1. The number of nitrogens with one attached hydrogen (secondary N) is 2. The molecule has 2 unspecified atom stereocenters. The molecule has 0 spiro atoms. The van der Waals surface area contributed by atoms with Crippen molar-refractivity contribution in [2.45, 2.75) is 17.3 Å². The van der Waals surface area contributed by atoms with Crippen LogP contribution in [0.2, 0.25) is 5.02 Å². The minimum atomic E-state index is -3.21. The van der Waals surface area contributed by atoms with Gasteiger partial charge in [-0.3, -0.25) is 9.78 Å². The van der Waals surface area contributed by atoms with Gasteiger partial charge in [-0.15, -0.1) is 11.8 Å². The van der Waals surface area contributed by atoms with Gasteiger partial charge in [0.25, 0.3) is 5.91 Å². The Hall–Kier alpha value is -3.12. The quantitative estimate of drug-likeness (QED) is 0.495. The Morgan fingerprint density at radius 1 is 1.14 bits per heavy atom. The minimum Gasteiger partial charge on any atom is -0.380 e. The molecule has 3 amide bonds. The molecule has 3 aliphatic rings. The fraction of sp³-hybridized carbons (Fsp3) is 0.240. The van der Waals surface area contributed by atoms with E-state index in [1.54, 1.807) is 12.3 Å². The number of rotatable bonds is 5. The summed E-state index contributed by atoms with van der Waals surface area (Å²) in [6.07, 6.45) is 6.26. The molecule has 4 heterocycles. The van der Waals surface area contributed by atoms with Crippen molar-refractivity contribution in [3.05, 3.63) is 71.5 Å². The van der Waals surface area contributed by atoms with Gasteiger partial charge in [0.05, 0.1) is 30.2 Å². The molecule has 3 aromatic rings. The number of imide groups is 1. The molecule has 0 aliphatic carbocycles. The number of carbonyl (C=O) groups is 2. The van der Waals surface area contributed by atoms with Crippen molar-refractivity contribution in [1.29, 1.82) is 0 Å². The Morgan fingerprint density at radius 3 is 2.68 bits per heavy atom. The maximum Gasteiger partial charge on any atom is 0.329 e. The molecule has 190 valence electrons. The van der Waals surface area contributed by atoms with Gasteiger partial charge in [-0.05, 0) is 24.3 Å². The number of urea groups is 1. The smallest absolute Gasteiger partial charge is 0.329 e. The van der Waals surface area contributed by atoms with Gasteiger partial charge in [0, 0.05) is 51.2 Å². The zero-order chi connectivity index (χ0) is 25.9. The molecule has 12 heteroatoms. The Morgan fingerprint density at radius 2 is 1.92 bits per heavy atom. The van der Waals surface area contributed by atoms with Crippen molar-refractivity contribution in [2.24, 2.45) is 0 Å². The summed E-state index contributed by atoms with van der Waals surface area (Å²) in [7, 11) is -3.21. The molecule has 2 saturated heterocycles. The summed E-state index contributed by atoms with van der Waals surface area (Å²) in [5, 5.41) is 7.79. The van der Waals surface area contributed by atoms with Gasteiger partial charge in [-0.25, -0.2) is 18.1 Å². The summed E-state index contributed by atoms with van der Waals surface area (Å²) in [4.78, 5) is 33.1. The van der Waals surface area contributed by atoms with E-state index in [1.807, 2.05) is 42.5 Å². The maximum atomic E-state index is 13.6. The number of carbonyl (C=O) groups excluding carboxylic acids is 2. The summed E-state index contributed by atoms with van der Waals surface area (Å²) in [5.41, 5.74) is 1.98. The first-order chi connectivity index (χ1) is 17.7. The van der Waals surface area contributed by atoms with E-state index < -0.39 is 27.3 Å². The van der Waals surface area contributed by atoms with Crippen LogP contribution in [0.3, 0.4) is 0 Å². The van der Waals surface area contributed by atoms with Gasteiger partial charge >= 0.3 is 6.03 Å². The summed E-state index contributed by atoms with van der Waals surface area (Å²) in [5.74, 6) is -0.326. The first-order valence-electron chi connectivity index (χ1n) is 11.6. The second-order valence-electron chi connectivity index (χ2n) is 9.21. The SMILES string of the molecule is CS(=O)(=O)N1CC(Nc2ccc3cncc(N4C(=O)NC5C=C(c6ccccc6Cl)SC5C4=O)c3c2)C1. The number of hydrogen-bond acceptors (Lipinski definition) is 7. The fourth-order valence-corrected chi connectivity index (χ4v) is 7.25. The molecule has 2 fully saturated rings. The number of hydrogen-bond donors (Lipinski definition) is 2. The number of thioether (sulfide) groups is 1. The highest BCUT2D eigenvalue weighted by atomic mass is 35.5. The molecule has 2 N–H and O–H groups in total. The van der Waals surface area contributed by atoms with Crippen LogP contribution in [0.1, 0.15) is 5.56 Å². The van der Waals surface area contributed by atoms with E-state index in [0.29, 0.717) is 29.2 Å². The highest BCUT2D eigenvalue weighted by Crippen LogP contribution is 2.44. The van der Waals surface area contributed by atoms with Crippen LogP contribution in [-0.2, 0) is 14.8 Å². The predicted molar refractivity (Wildman–Crippen MR) is 146 cm³/mol. The minimum absolute atomic E-state index is 0.0256. The van der Waals surface area contributed by atoms with Gasteiger partial charge in [-0.2, -0.15) is 4.31 Å². The largest absolute Gasteiger partial charge is 0.380 e. The zero-order valence-corrected chi connectivity index (χ0v) is 22.0. The van der Waals surface area contributed by atoms with Crippen molar-refractivity contribution in [3.8, 4) is 0 Å². The number of nitrogens with zero attached hydrogens (tertiary/aromatic N) is 3. The lowest BCUT2D eigenvalue weighted by atomic mass is 10.1. The molecule has 37 heavy (non-hydrogen) atoms. The number of pyridine rings is 1. The molecule has 2 atom stereocenters. The van der Waals surface area contributed by atoms with Crippen LogP contribution in [0.5, 0.6) is 0 Å². The number of benzene rings is 2. The monoisotopic (exact) mass is 555 g/mol. The Balaban J connectivity index is 1.27. The third-order valence-electron chi connectivity index (χ3n) is 6.68.